The Morgan fingerprint density at radius 1 is 0.558 bits per heavy atom. The monoisotopic (exact) mass is 614 g/mol. The first kappa shape index (κ1) is 39.7. The molecule has 0 aliphatic heterocycles. The molecule has 0 radical (unpaired) electrons. The molecule has 0 aromatic carbocycles. The molecule has 0 rings (SSSR count). The first-order chi connectivity index (χ1) is 19.8. The average Bonchev–Trinajstić information content (AvgIpc) is 2.92. The number of aliphatic carboxylic acids is 1. The molecule has 43 heavy (non-hydrogen) atoms. The summed E-state index contributed by atoms with van der Waals surface area (Å²) in [6.45, 7) is 16.4. The highest BCUT2D eigenvalue weighted by atomic mass is 16.4. The molecule has 14 nitrogen and oxygen atoms in total. The van der Waals surface area contributed by atoms with Gasteiger partial charge in [0.05, 0.1) is 12.6 Å². The lowest BCUT2D eigenvalue weighted by atomic mass is 9.97. The third-order valence-corrected chi connectivity index (χ3v) is 7.35. The first-order valence-corrected chi connectivity index (χ1v) is 14.9. The number of hydrogen-bond donors (Lipinski definition) is 8. The lowest BCUT2D eigenvalue weighted by molar-refractivity contribution is -0.144. The van der Waals surface area contributed by atoms with Crippen molar-refractivity contribution in [1.29, 1.82) is 0 Å². The van der Waals surface area contributed by atoms with Crippen LogP contribution in [0.2, 0.25) is 0 Å². The summed E-state index contributed by atoms with van der Waals surface area (Å²) in [5, 5.41) is 31.9. The summed E-state index contributed by atoms with van der Waals surface area (Å²) in [5.41, 5.74) is 5.92. The van der Waals surface area contributed by atoms with E-state index in [0.717, 1.165) is 0 Å². The van der Waals surface area contributed by atoms with Gasteiger partial charge in [-0.3, -0.25) is 24.0 Å². The van der Waals surface area contributed by atoms with Crippen molar-refractivity contribution in [3.8, 4) is 0 Å². The molecule has 9 N–H and O–H groups in total. The van der Waals surface area contributed by atoms with Crippen molar-refractivity contribution in [2.45, 2.75) is 112 Å². The maximum Gasteiger partial charge on any atom is 0.326 e. The minimum Gasteiger partial charge on any atom is -0.480 e. The number of aliphatic hydroxyl groups is 1. The van der Waals surface area contributed by atoms with Crippen LogP contribution in [-0.2, 0) is 28.8 Å². The van der Waals surface area contributed by atoms with E-state index in [1.54, 1.807) is 69.2 Å². The zero-order valence-electron chi connectivity index (χ0n) is 27.2. The van der Waals surface area contributed by atoms with Gasteiger partial charge in [0.1, 0.15) is 30.2 Å². The standard InChI is InChI=1S/C29H54N6O8/c1-11-17(10)23(29(42)43)35-24(37)18(12-36)31-26(39)20(14(4)5)33-28(41)22(16(8)9)34-27(40)21(15(6)7)32-25(38)19(30)13(2)3/h13-23,36H,11-12,30H2,1-10H3,(H,31,39)(H,32,38)(H,33,41)(H,34,40)(H,35,37)(H,42,43). The molecule has 14 heteroatoms. The van der Waals surface area contributed by atoms with E-state index >= 15 is 0 Å². The number of hydrogen-bond acceptors (Lipinski definition) is 8. The van der Waals surface area contributed by atoms with Crippen LogP contribution in [0.25, 0.3) is 0 Å². The molecule has 0 spiro atoms. The maximum atomic E-state index is 13.4. The number of nitrogens with two attached hydrogens (primary N) is 1. The van der Waals surface area contributed by atoms with E-state index in [2.05, 4.69) is 26.6 Å². The van der Waals surface area contributed by atoms with Crippen LogP contribution >= 0.6 is 0 Å². The summed E-state index contributed by atoms with van der Waals surface area (Å²) in [6.07, 6.45) is 0.470. The van der Waals surface area contributed by atoms with E-state index in [4.69, 9.17) is 5.73 Å². The fourth-order valence-corrected chi connectivity index (χ4v) is 4.04. The molecular weight excluding hydrogens is 560 g/mol. The van der Waals surface area contributed by atoms with Gasteiger partial charge < -0.3 is 42.5 Å². The Balaban J connectivity index is 5.75. The van der Waals surface area contributed by atoms with E-state index in [-0.39, 0.29) is 11.8 Å². The SMILES string of the molecule is CCC(C)C(NC(=O)C(CO)NC(=O)C(NC(=O)C(NC(=O)C(NC(=O)C(N)C(C)C)C(C)C)C(C)C)C(C)C)C(=O)O. The highest BCUT2D eigenvalue weighted by molar-refractivity contribution is 5.96. The molecule has 0 aliphatic rings. The minimum absolute atomic E-state index is 0.154. The van der Waals surface area contributed by atoms with Gasteiger partial charge >= 0.3 is 5.97 Å². The second kappa shape index (κ2) is 18.4. The van der Waals surface area contributed by atoms with Crippen molar-refractivity contribution in [2.24, 2.45) is 35.3 Å². The van der Waals surface area contributed by atoms with Crippen LogP contribution in [0.3, 0.4) is 0 Å². The molecule has 0 aromatic heterocycles. The van der Waals surface area contributed by atoms with Gasteiger partial charge in [0, 0.05) is 0 Å². The third-order valence-electron chi connectivity index (χ3n) is 7.35. The van der Waals surface area contributed by atoms with Gasteiger partial charge in [0.25, 0.3) is 0 Å². The van der Waals surface area contributed by atoms with Gasteiger partial charge in [0.15, 0.2) is 0 Å². The first-order valence-electron chi connectivity index (χ1n) is 14.9. The molecule has 5 amide bonds. The van der Waals surface area contributed by atoms with Gasteiger partial charge in [-0.05, 0) is 29.6 Å². The van der Waals surface area contributed by atoms with Crippen LogP contribution < -0.4 is 32.3 Å². The fraction of sp³-hybridized carbons (Fsp3) is 0.793. The molecule has 0 bridgehead atoms. The maximum absolute atomic E-state index is 13.4. The molecule has 7 atom stereocenters. The van der Waals surface area contributed by atoms with Crippen LogP contribution in [-0.4, -0.2) is 88.6 Å². The smallest absolute Gasteiger partial charge is 0.326 e. The second-order valence-corrected chi connectivity index (χ2v) is 12.4. The molecule has 0 aromatic rings. The Bertz CT molecular complexity index is 971. The quantitative estimate of drug-likeness (QED) is 0.0992. The normalized spacial score (nSPS) is 16.5. The molecule has 7 unspecified atom stereocenters. The van der Waals surface area contributed by atoms with Crippen LogP contribution in [0.15, 0.2) is 0 Å². The molecule has 0 heterocycles. The Labute approximate surface area is 255 Å². The van der Waals surface area contributed by atoms with Crippen LogP contribution in [0.1, 0.15) is 75.7 Å². The summed E-state index contributed by atoms with van der Waals surface area (Å²) in [7, 11) is 0. The summed E-state index contributed by atoms with van der Waals surface area (Å²) in [4.78, 5) is 76.6. The van der Waals surface area contributed by atoms with Crippen LogP contribution in [0.5, 0.6) is 0 Å². The van der Waals surface area contributed by atoms with Gasteiger partial charge in [-0.25, -0.2) is 4.79 Å². The lowest BCUT2D eigenvalue weighted by Crippen LogP contribution is -2.62. The van der Waals surface area contributed by atoms with E-state index in [0.29, 0.717) is 6.42 Å². The number of nitrogens with one attached hydrogen (secondary N) is 5. The number of aliphatic hydroxyl groups excluding tert-OH is 1. The Morgan fingerprint density at radius 3 is 1.21 bits per heavy atom. The highest BCUT2D eigenvalue weighted by Crippen LogP contribution is 2.11. The van der Waals surface area contributed by atoms with Gasteiger partial charge in [-0.1, -0.05) is 75.7 Å². The molecule has 0 saturated heterocycles. The average molecular weight is 615 g/mol. The van der Waals surface area contributed by atoms with E-state index in [1.165, 1.54) is 0 Å². The zero-order chi connectivity index (χ0) is 33.8. The molecule has 0 saturated carbocycles. The summed E-state index contributed by atoms with van der Waals surface area (Å²) in [5.74, 6) is -6.43. The van der Waals surface area contributed by atoms with E-state index in [9.17, 15) is 39.0 Å². The van der Waals surface area contributed by atoms with Crippen LogP contribution in [0, 0.1) is 29.6 Å². The summed E-state index contributed by atoms with van der Waals surface area (Å²) >= 11 is 0. The predicted octanol–water partition coefficient (Wildman–Crippen LogP) is -0.515. The van der Waals surface area contributed by atoms with E-state index in [1.807, 2.05) is 0 Å². The van der Waals surface area contributed by atoms with Crippen molar-refractivity contribution in [3.05, 3.63) is 0 Å². The van der Waals surface area contributed by atoms with Gasteiger partial charge in [-0.15, -0.1) is 0 Å². The number of carbonyl (C=O) groups is 6. The molecule has 0 aliphatic carbocycles. The van der Waals surface area contributed by atoms with Crippen molar-refractivity contribution in [3.63, 3.8) is 0 Å². The minimum atomic E-state index is -1.47. The lowest BCUT2D eigenvalue weighted by Gasteiger charge is -2.30. The number of carboxylic acids is 1. The van der Waals surface area contributed by atoms with Gasteiger partial charge in [0.2, 0.25) is 29.5 Å². The van der Waals surface area contributed by atoms with Crippen molar-refractivity contribution in [1.82, 2.24) is 26.6 Å². The van der Waals surface area contributed by atoms with Crippen LogP contribution in [0.4, 0.5) is 0 Å². The van der Waals surface area contributed by atoms with E-state index < -0.39 is 96.1 Å². The van der Waals surface area contributed by atoms with Crippen molar-refractivity contribution < 1.29 is 39.0 Å². The summed E-state index contributed by atoms with van der Waals surface area (Å²) < 4.78 is 0. The Kier molecular flexibility index (Phi) is 17.0. The third kappa shape index (κ3) is 12.5. The number of amides is 5. The molecule has 0 fully saturated rings. The predicted molar refractivity (Wildman–Crippen MR) is 161 cm³/mol. The zero-order valence-corrected chi connectivity index (χ0v) is 27.2. The Hall–Kier alpha value is -3.26. The largest absolute Gasteiger partial charge is 0.480 e. The molecule has 248 valence electrons. The van der Waals surface area contributed by atoms with Gasteiger partial charge in [-0.2, -0.15) is 0 Å². The number of rotatable bonds is 18. The summed E-state index contributed by atoms with van der Waals surface area (Å²) in [6, 6.07) is -6.73. The topological polar surface area (TPSA) is 229 Å². The van der Waals surface area contributed by atoms with Crippen molar-refractivity contribution in [2.75, 3.05) is 6.61 Å². The fourth-order valence-electron chi connectivity index (χ4n) is 4.04. The molecular formula is C29H54N6O8. The highest BCUT2D eigenvalue weighted by Gasteiger charge is 2.36. The van der Waals surface area contributed by atoms with Crippen molar-refractivity contribution >= 4 is 35.5 Å². The number of carboxylic acid groups (broad SMARTS) is 1. The number of carbonyl (C=O) groups excluding carboxylic acids is 5. The Morgan fingerprint density at radius 2 is 0.907 bits per heavy atom. The second-order valence-electron chi connectivity index (χ2n) is 12.4.